The van der Waals surface area contributed by atoms with Crippen LogP contribution in [0.5, 0.6) is 0 Å². The van der Waals surface area contributed by atoms with E-state index in [-0.39, 0.29) is 5.56 Å². The van der Waals surface area contributed by atoms with Crippen LogP contribution in [0.1, 0.15) is 24.0 Å². The molecular weight excluding hydrogens is 266 g/mol. The van der Waals surface area contributed by atoms with Gasteiger partial charge in [0.25, 0.3) is 5.56 Å². The lowest BCUT2D eigenvalue weighted by atomic mass is 9.90. The number of aryl methyl sites for hydroxylation is 1. The Bertz CT molecular complexity index is 615. The molecule has 0 radical (unpaired) electrons. The Balaban J connectivity index is 2.42. The average Bonchev–Trinajstić information content (AvgIpc) is 2.29. The van der Waals surface area contributed by atoms with Gasteiger partial charge in [0.1, 0.15) is 0 Å². The standard InChI is InChI=1S/C13H12BrNO/c14-8-5-6-10-9-3-1-2-4-11(9)13(16)15-12(10)7-8/h5-7H,1-4H2,(H,15,16). The molecule has 0 unspecified atom stereocenters. The van der Waals surface area contributed by atoms with E-state index in [4.69, 9.17) is 0 Å². The molecule has 0 atom stereocenters. The molecule has 0 saturated heterocycles. The number of hydrogen-bond acceptors (Lipinski definition) is 1. The first-order chi connectivity index (χ1) is 7.75. The summed E-state index contributed by atoms with van der Waals surface area (Å²) in [6.07, 6.45) is 4.30. The van der Waals surface area contributed by atoms with E-state index in [0.29, 0.717) is 0 Å². The summed E-state index contributed by atoms with van der Waals surface area (Å²) in [6.45, 7) is 0. The van der Waals surface area contributed by atoms with Crippen molar-refractivity contribution >= 4 is 26.8 Å². The molecule has 1 aliphatic carbocycles. The molecule has 3 rings (SSSR count). The highest BCUT2D eigenvalue weighted by molar-refractivity contribution is 9.10. The predicted molar refractivity (Wildman–Crippen MR) is 68.9 cm³/mol. The molecule has 1 aromatic heterocycles. The van der Waals surface area contributed by atoms with Crippen molar-refractivity contribution in [1.82, 2.24) is 4.98 Å². The van der Waals surface area contributed by atoms with Crippen LogP contribution in [0.2, 0.25) is 0 Å². The van der Waals surface area contributed by atoms with Crippen molar-refractivity contribution in [2.45, 2.75) is 25.7 Å². The maximum Gasteiger partial charge on any atom is 0.251 e. The van der Waals surface area contributed by atoms with Crippen molar-refractivity contribution in [3.05, 3.63) is 44.2 Å². The van der Waals surface area contributed by atoms with Gasteiger partial charge in [0.05, 0.1) is 0 Å². The van der Waals surface area contributed by atoms with E-state index in [1.54, 1.807) is 0 Å². The third kappa shape index (κ3) is 1.50. The van der Waals surface area contributed by atoms with Gasteiger partial charge < -0.3 is 4.98 Å². The zero-order valence-corrected chi connectivity index (χ0v) is 10.4. The second-order valence-corrected chi connectivity index (χ2v) is 5.22. The summed E-state index contributed by atoms with van der Waals surface area (Å²) >= 11 is 3.43. The third-order valence-electron chi connectivity index (χ3n) is 3.30. The number of nitrogens with one attached hydrogen (secondary N) is 1. The fourth-order valence-corrected chi connectivity index (χ4v) is 2.90. The van der Waals surface area contributed by atoms with Crippen LogP contribution >= 0.6 is 15.9 Å². The highest BCUT2D eigenvalue weighted by Crippen LogP contribution is 2.26. The molecule has 0 spiro atoms. The van der Waals surface area contributed by atoms with E-state index in [9.17, 15) is 4.79 Å². The molecule has 3 heteroatoms. The van der Waals surface area contributed by atoms with Gasteiger partial charge in [0.2, 0.25) is 0 Å². The van der Waals surface area contributed by atoms with Crippen molar-refractivity contribution in [3.63, 3.8) is 0 Å². The predicted octanol–water partition coefficient (Wildman–Crippen LogP) is 3.17. The molecule has 1 aromatic carbocycles. The van der Waals surface area contributed by atoms with Crippen LogP contribution in [0.3, 0.4) is 0 Å². The lowest BCUT2D eigenvalue weighted by Crippen LogP contribution is -2.19. The fourth-order valence-electron chi connectivity index (χ4n) is 2.53. The minimum absolute atomic E-state index is 0.0975. The molecule has 1 heterocycles. The van der Waals surface area contributed by atoms with Gasteiger partial charge in [-0.05, 0) is 43.4 Å². The zero-order chi connectivity index (χ0) is 11.1. The first kappa shape index (κ1) is 10.1. The largest absolute Gasteiger partial charge is 0.322 e. The number of rotatable bonds is 0. The van der Waals surface area contributed by atoms with E-state index in [2.05, 4.69) is 27.0 Å². The van der Waals surface area contributed by atoms with Crippen molar-refractivity contribution in [2.24, 2.45) is 0 Å². The summed E-state index contributed by atoms with van der Waals surface area (Å²) in [5, 5.41) is 1.21. The molecule has 0 aliphatic heterocycles. The number of fused-ring (bicyclic) bond motifs is 3. The van der Waals surface area contributed by atoms with Gasteiger partial charge in [-0.25, -0.2) is 0 Å². The normalized spacial score (nSPS) is 15.1. The SMILES string of the molecule is O=c1[nH]c2cc(Br)ccc2c2c1CCCC2. The Kier molecular flexibility index (Phi) is 2.36. The molecule has 2 nitrogen and oxygen atoms in total. The molecule has 0 bridgehead atoms. The number of aromatic nitrogens is 1. The summed E-state index contributed by atoms with van der Waals surface area (Å²) in [5.41, 5.74) is 3.30. The first-order valence-corrected chi connectivity index (χ1v) is 6.38. The van der Waals surface area contributed by atoms with Crippen LogP contribution < -0.4 is 5.56 Å². The van der Waals surface area contributed by atoms with Crippen LogP contribution in [-0.4, -0.2) is 4.98 Å². The quantitative estimate of drug-likeness (QED) is 0.788. The molecule has 0 fully saturated rings. The monoisotopic (exact) mass is 277 g/mol. The Hall–Kier alpha value is -1.09. The maximum absolute atomic E-state index is 11.9. The molecule has 16 heavy (non-hydrogen) atoms. The minimum atomic E-state index is 0.0975. The topological polar surface area (TPSA) is 32.9 Å². The van der Waals surface area contributed by atoms with E-state index >= 15 is 0 Å². The van der Waals surface area contributed by atoms with Crippen LogP contribution in [0, 0.1) is 0 Å². The van der Waals surface area contributed by atoms with Crippen LogP contribution in [0.4, 0.5) is 0 Å². The van der Waals surface area contributed by atoms with E-state index in [0.717, 1.165) is 34.8 Å². The van der Waals surface area contributed by atoms with Crippen molar-refractivity contribution in [1.29, 1.82) is 0 Å². The molecule has 1 aliphatic rings. The summed E-state index contributed by atoms with van der Waals surface area (Å²) in [6, 6.07) is 6.11. The molecule has 82 valence electrons. The molecule has 0 saturated carbocycles. The summed E-state index contributed by atoms with van der Waals surface area (Å²) in [4.78, 5) is 14.9. The van der Waals surface area contributed by atoms with E-state index in [1.807, 2.05) is 12.1 Å². The zero-order valence-electron chi connectivity index (χ0n) is 8.85. The maximum atomic E-state index is 11.9. The molecular formula is C13H12BrNO. The first-order valence-electron chi connectivity index (χ1n) is 5.59. The smallest absolute Gasteiger partial charge is 0.251 e. The van der Waals surface area contributed by atoms with Crippen molar-refractivity contribution in [2.75, 3.05) is 0 Å². The van der Waals surface area contributed by atoms with Gasteiger partial charge in [-0.3, -0.25) is 4.79 Å². The highest BCUT2D eigenvalue weighted by Gasteiger charge is 2.15. The van der Waals surface area contributed by atoms with E-state index < -0.39 is 0 Å². The van der Waals surface area contributed by atoms with Crippen LogP contribution in [0.15, 0.2) is 27.5 Å². The van der Waals surface area contributed by atoms with Crippen LogP contribution in [0.25, 0.3) is 10.9 Å². The summed E-state index contributed by atoms with van der Waals surface area (Å²) in [5.74, 6) is 0. The third-order valence-corrected chi connectivity index (χ3v) is 3.79. The summed E-state index contributed by atoms with van der Waals surface area (Å²) in [7, 11) is 0. The van der Waals surface area contributed by atoms with Gasteiger partial charge >= 0.3 is 0 Å². The Morgan fingerprint density at radius 3 is 2.69 bits per heavy atom. The lowest BCUT2D eigenvalue weighted by Gasteiger charge is -2.16. The highest BCUT2D eigenvalue weighted by atomic mass is 79.9. The van der Waals surface area contributed by atoms with Gasteiger partial charge in [-0.1, -0.05) is 22.0 Å². The second-order valence-electron chi connectivity index (χ2n) is 4.31. The number of pyridine rings is 1. The Morgan fingerprint density at radius 2 is 1.88 bits per heavy atom. The minimum Gasteiger partial charge on any atom is -0.322 e. The van der Waals surface area contributed by atoms with Crippen molar-refractivity contribution < 1.29 is 0 Å². The van der Waals surface area contributed by atoms with E-state index in [1.165, 1.54) is 17.4 Å². The fraction of sp³-hybridized carbons (Fsp3) is 0.308. The van der Waals surface area contributed by atoms with Crippen LogP contribution in [-0.2, 0) is 12.8 Å². The molecule has 0 amide bonds. The number of aromatic amines is 1. The number of H-pyrrole nitrogens is 1. The Morgan fingerprint density at radius 1 is 1.12 bits per heavy atom. The Labute approximate surface area is 102 Å². The van der Waals surface area contributed by atoms with Gasteiger partial charge in [0.15, 0.2) is 0 Å². The molecule has 1 N–H and O–H groups in total. The average molecular weight is 278 g/mol. The number of benzene rings is 1. The number of hydrogen-bond donors (Lipinski definition) is 1. The molecule has 2 aromatic rings. The second kappa shape index (κ2) is 3.74. The van der Waals surface area contributed by atoms with Gasteiger partial charge in [-0.15, -0.1) is 0 Å². The lowest BCUT2D eigenvalue weighted by molar-refractivity contribution is 0.682. The number of halogens is 1. The summed E-state index contributed by atoms with van der Waals surface area (Å²) < 4.78 is 1.01. The van der Waals surface area contributed by atoms with Gasteiger partial charge in [0, 0.05) is 20.9 Å². The van der Waals surface area contributed by atoms with Gasteiger partial charge in [-0.2, -0.15) is 0 Å². The van der Waals surface area contributed by atoms with Crippen molar-refractivity contribution in [3.8, 4) is 0 Å².